The summed E-state index contributed by atoms with van der Waals surface area (Å²) >= 11 is 0. The Bertz CT molecular complexity index is 1600. The molecule has 4 aromatic rings. The lowest BCUT2D eigenvalue weighted by atomic mass is 10.2. The van der Waals surface area contributed by atoms with Crippen LogP contribution < -0.4 is 5.32 Å². The highest BCUT2D eigenvalue weighted by Gasteiger charge is 2.33. The molecule has 4 rings (SSSR count). The van der Waals surface area contributed by atoms with Crippen LogP contribution in [0.2, 0.25) is 0 Å². The van der Waals surface area contributed by atoms with E-state index in [4.69, 9.17) is 5.26 Å². The number of sulfone groups is 1. The molecular weight excluding hydrogens is 477 g/mol. The minimum absolute atomic E-state index is 0.0501. The van der Waals surface area contributed by atoms with E-state index in [9.17, 15) is 26.4 Å². The molecule has 34 heavy (non-hydrogen) atoms. The number of carbonyl (C=O) groups excluding carboxylic acids is 1. The summed E-state index contributed by atoms with van der Waals surface area (Å²) in [5.41, 5.74) is -1.31. The number of fused-ring (bicyclic) bond motifs is 2. The summed E-state index contributed by atoms with van der Waals surface area (Å²) < 4.78 is 67.5. The lowest BCUT2D eigenvalue weighted by molar-refractivity contribution is -0.137. The lowest BCUT2D eigenvalue weighted by Crippen LogP contribution is -2.26. The number of amides is 1. The topological polar surface area (TPSA) is 148 Å². The first-order valence-corrected chi connectivity index (χ1v) is 11.3. The second-order valence-electron chi connectivity index (χ2n) is 7.05. The first-order chi connectivity index (χ1) is 16.0. The van der Waals surface area contributed by atoms with Gasteiger partial charge in [0.1, 0.15) is 29.1 Å². The van der Waals surface area contributed by atoms with Gasteiger partial charge >= 0.3 is 6.18 Å². The molecule has 0 bridgehead atoms. The number of hydrogen-bond donors (Lipinski definition) is 1. The fourth-order valence-electron chi connectivity index (χ4n) is 3.31. The number of pyridine rings is 1. The van der Waals surface area contributed by atoms with E-state index in [-0.39, 0.29) is 46.2 Å². The number of nitrogens with one attached hydrogen (secondary N) is 1. The van der Waals surface area contributed by atoms with Crippen LogP contribution in [-0.4, -0.2) is 55.8 Å². The number of aryl methyl sites for hydroxylation is 1. The predicted molar refractivity (Wildman–Crippen MR) is 111 cm³/mol. The van der Waals surface area contributed by atoms with Crippen LogP contribution in [0.1, 0.15) is 23.0 Å². The molecule has 0 saturated heterocycles. The Balaban J connectivity index is 2.04. The largest absolute Gasteiger partial charge is 0.417 e. The SMILES string of the molecule is CCS(=O)(=O)c1nn2c(C(=O)NCC#N)ccnc2c1-c1nc2cc(C(F)(F)F)cnc2n1C. The van der Waals surface area contributed by atoms with Gasteiger partial charge in [-0.05, 0) is 12.1 Å². The summed E-state index contributed by atoms with van der Waals surface area (Å²) in [5, 5.41) is 14.7. The average Bonchev–Trinajstić information content (AvgIpc) is 3.34. The van der Waals surface area contributed by atoms with Gasteiger partial charge in [-0.25, -0.2) is 27.9 Å². The molecule has 0 unspecified atom stereocenters. The molecule has 1 N–H and O–H groups in total. The molecule has 0 aliphatic carbocycles. The number of halogens is 3. The van der Waals surface area contributed by atoms with Crippen molar-refractivity contribution in [3.63, 3.8) is 0 Å². The van der Waals surface area contributed by atoms with Crippen molar-refractivity contribution in [1.29, 1.82) is 5.26 Å². The van der Waals surface area contributed by atoms with Crippen molar-refractivity contribution in [3.8, 4) is 17.5 Å². The van der Waals surface area contributed by atoms with Crippen LogP contribution in [0.5, 0.6) is 0 Å². The molecule has 4 heterocycles. The van der Waals surface area contributed by atoms with Gasteiger partial charge in [0.05, 0.1) is 17.4 Å². The quantitative estimate of drug-likeness (QED) is 0.414. The zero-order valence-electron chi connectivity index (χ0n) is 17.6. The molecule has 4 aromatic heterocycles. The Kier molecular flexibility index (Phi) is 5.48. The smallest absolute Gasteiger partial charge is 0.338 e. The van der Waals surface area contributed by atoms with E-state index in [1.807, 2.05) is 0 Å². The summed E-state index contributed by atoms with van der Waals surface area (Å²) in [7, 11) is -2.54. The maximum atomic E-state index is 13.1. The van der Waals surface area contributed by atoms with Crippen molar-refractivity contribution >= 4 is 32.6 Å². The minimum atomic E-state index is -4.65. The van der Waals surface area contributed by atoms with E-state index in [1.54, 1.807) is 6.07 Å². The molecule has 0 aliphatic rings. The second kappa shape index (κ2) is 8.06. The molecule has 0 saturated carbocycles. The maximum absolute atomic E-state index is 13.1. The first-order valence-electron chi connectivity index (χ1n) is 9.65. The third-order valence-corrected chi connectivity index (χ3v) is 6.62. The van der Waals surface area contributed by atoms with Gasteiger partial charge in [-0.3, -0.25) is 4.79 Å². The van der Waals surface area contributed by atoms with Gasteiger partial charge < -0.3 is 9.88 Å². The van der Waals surface area contributed by atoms with E-state index < -0.39 is 32.5 Å². The summed E-state index contributed by atoms with van der Waals surface area (Å²) in [4.78, 5) is 24.7. The number of rotatable bonds is 5. The highest BCUT2D eigenvalue weighted by molar-refractivity contribution is 7.91. The van der Waals surface area contributed by atoms with Crippen LogP contribution >= 0.6 is 0 Å². The van der Waals surface area contributed by atoms with E-state index in [0.717, 1.165) is 10.6 Å². The van der Waals surface area contributed by atoms with E-state index in [0.29, 0.717) is 6.20 Å². The molecule has 11 nitrogen and oxygen atoms in total. The fraction of sp³-hybridized carbons (Fsp3) is 0.263. The number of imidazole rings is 1. The molecular formula is C19H15F3N8O3S. The van der Waals surface area contributed by atoms with Crippen molar-refractivity contribution < 1.29 is 26.4 Å². The summed E-state index contributed by atoms with van der Waals surface area (Å²) in [6, 6.07) is 3.84. The second-order valence-corrected chi connectivity index (χ2v) is 9.24. The van der Waals surface area contributed by atoms with Crippen LogP contribution in [0.3, 0.4) is 0 Å². The van der Waals surface area contributed by atoms with Crippen molar-refractivity contribution in [2.24, 2.45) is 7.05 Å². The van der Waals surface area contributed by atoms with Crippen molar-refractivity contribution in [2.45, 2.75) is 18.1 Å². The molecule has 176 valence electrons. The van der Waals surface area contributed by atoms with Gasteiger partial charge in [-0.15, -0.1) is 0 Å². The van der Waals surface area contributed by atoms with Crippen molar-refractivity contribution in [3.05, 3.63) is 35.8 Å². The molecule has 0 fully saturated rings. The number of aromatic nitrogens is 6. The normalized spacial score (nSPS) is 12.2. The molecule has 0 radical (unpaired) electrons. The molecule has 1 amide bonds. The van der Waals surface area contributed by atoms with Crippen LogP contribution in [-0.2, 0) is 23.1 Å². The van der Waals surface area contributed by atoms with Gasteiger partial charge in [-0.2, -0.15) is 23.5 Å². The number of carbonyl (C=O) groups is 1. The maximum Gasteiger partial charge on any atom is 0.417 e. The Hall–Kier alpha value is -4.06. The Morgan fingerprint density at radius 2 is 2.00 bits per heavy atom. The van der Waals surface area contributed by atoms with Crippen molar-refractivity contribution in [2.75, 3.05) is 12.3 Å². The number of alkyl halides is 3. The zero-order chi connectivity index (χ0) is 24.8. The Labute approximate surface area is 189 Å². The molecule has 0 aliphatic heterocycles. The summed E-state index contributed by atoms with van der Waals surface area (Å²) in [6.07, 6.45) is -2.75. The number of nitriles is 1. The van der Waals surface area contributed by atoms with Crippen LogP contribution in [0.15, 0.2) is 29.6 Å². The third kappa shape index (κ3) is 3.71. The average molecular weight is 492 g/mol. The van der Waals surface area contributed by atoms with Gasteiger partial charge in [0, 0.05) is 19.4 Å². The standard InChI is InChI=1S/C19H15F3N8O3S/c1-3-34(32,33)18-13(15-24-6-4-12(30(15)28-18)17(31)25-7-5-23)16-27-11-8-10(19(20,21)22)9-26-14(11)29(16)2/h4,6,8-9H,3,7H2,1-2H3,(H,25,31). The summed E-state index contributed by atoms with van der Waals surface area (Å²) in [6.45, 7) is 1.10. The van der Waals surface area contributed by atoms with E-state index >= 15 is 0 Å². The van der Waals surface area contributed by atoms with Gasteiger partial charge in [0.25, 0.3) is 5.91 Å². The monoisotopic (exact) mass is 492 g/mol. The van der Waals surface area contributed by atoms with Crippen molar-refractivity contribution in [1.82, 2.24) is 34.4 Å². The van der Waals surface area contributed by atoms with Gasteiger partial charge in [0.15, 0.2) is 26.2 Å². The molecule has 0 aromatic carbocycles. The lowest BCUT2D eigenvalue weighted by Gasteiger charge is -2.05. The first kappa shape index (κ1) is 23.1. The van der Waals surface area contributed by atoms with Crippen LogP contribution in [0.25, 0.3) is 28.2 Å². The Morgan fingerprint density at radius 1 is 1.26 bits per heavy atom. The van der Waals surface area contributed by atoms with Gasteiger partial charge in [0.2, 0.25) is 0 Å². The number of nitrogens with zero attached hydrogens (tertiary/aromatic N) is 7. The summed E-state index contributed by atoms with van der Waals surface area (Å²) in [5.74, 6) is -1.10. The van der Waals surface area contributed by atoms with E-state index in [1.165, 1.54) is 30.8 Å². The van der Waals surface area contributed by atoms with Crippen LogP contribution in [0, 0.1) is 11.3 Å². The molecule has 15 heteroatoms. The molecule has 0 atom stereocenters. The highest BCUT2D eigenvalue weighted by atomic mass is 32.2. The van der Waals surface area contributed by atoms with Crippen LogP contribution in [0.4, 0.5) is 13.2 Å². The van der Waals surface area contributed by atoms with E-state index in [2.05, 4.69) is 25.4 Å². The minimum Gasteiger partial charge on any atom is -0.338 e. The fourth-order valence-corrected chi connectivity index (χ4v) is 4.29. The third-order valence-electron chi connectivity index (χ3n) is 4.98. The number of hydrogen-bond acceptors (Lipinski definition) is 8. The predicted octanol–water partition coefficient (Wildman–Crippen LogP) is 1.74. The highest BCUT2D eigenvalue weighted by Crippen LogP contribution is 2.34. The molecule has 0 spiro atoms. The zero-order valence-corrected chi connectivity index (χ0v) is 18.4. The Morgan fingerprint density at radius 3 is 2.65 bits per heavy atom. The van der Waals surface area contributed by atoms with Gasteiger partial charge in [-0.1, -0.05) is 6.92 Å².